The molecule has 154 valence electrons. The number of hydrogen-bond donors (Lipinski definition) is 0. The highest BCUT2D eigenvalue weighted by Gasteiger charge is 2.31. The number of methoxy groups -OCH3 is 1. The van der Waals surface area contributed by atoms with Crippen molar-refractivity contribution < 1.29 is 14.3 Å². The van der Waals surface area contributed by atoms with Crippen molar-refractivity contribution in [1.82, 2.24) is 4.90 Å². The van der Waals surface area contributed by atoms with Crippen LogP contribution in [0.3, 0.4) is 0 Å². The molecule has 3 unspecified atom stereocenters. The molecule has 4 nitrogen and oxygen atoms in total. The molecule has 1 aliphatic rings. The van der Waals surface area contributed by atoms with E-state index in [0.717, 1.165) is 24.8 Å². The fourth-order valence-corrected chi connectivity index (χ4v) is 3.97. The molecule has 1 aromatic carbocycles. The maximum absolute atomic E-state index is 13.1. The van der Waals surface area contributed by atoms with Gasteiger partial charge in [-0.2, -0.15) is 0 Å². The SMILES string of the molecule is COC(=O)C(C)CN(C(=O)/C=C/c1ccc(C(C)C)cc1)C1CCCCC1C. The third kappa shape index (κ3) is 5.95. The maximum Gasteiger partial charge on any atom is 0.310 e. The van der Waals surface area contributed by atoms with Gasteiger partial charge in [0.1, 0.15) is 0 Å². The molecule has 0 aliphatic heterocycles. The summed E-state index contributed by atoms with van der Waals surface area (Å²) in [6, 6.07) is 8.49. The number of carbonyl (C=O) groups is 2. The van der Waals surface area contributed by atoms with Crippen LogP contribution in [0.1, 0.15) is 70.4 Å². The summed E-state index contributed by atoms with van der Waals surface area (Å²) in [7, 11) is 1.40. The Bertz CT molecular complexity index is 678. The van der Waals surface area contributed by atoms with E-state index in [2.05, 4.69) is 32.9 Å². The number of esters is 1. The summed E-state index contributed by atoms with van der Waals surface area (Å²) in [4.78, 5) is 26.9. The predicted molar refractivity (Wildman–Crippen MR) is 114 cm³/mol. The number of nitrogens with zero attached hydrogens (tertiary/aromatic N) is 1. The maximum atomic E-state index is 13.1. The number of rotatable bonds is 7. The van der Waals surface area contributed by atoms with Crippen LogP contribution in [0.2, 0.25) is 0 Å². The molecule has 1 aromatic rings. The van der Waals surface area contributed by atoms with Crippen molar-refractivity contribution in [2.75, 3.05) is 13.7 Å². The molecule has 0 radical (unpaired) electrons. The molecule has 2 rings (SSSR count). The van der Waals surface area contributed by atoms with Crippen molar-refractivity contribution in [1.29, 1.82) is 0 Å². The molecule has 0 spiro atoms. The second-order valence-corrected chi connectivity index (χ2v) is 8.40. The molecule has 1 saturated carbocycles. The smallest absolute Gasteiger partial charge is 0.310 e. The van der Waals surface area contributed by atoms with Crippen LogP contribution in [0.25, 0.3) is 6.08 Å². The van der Waals surface area contributed by atoms with Crippen molar-refractivity contribution in [3.63, 3.8) is 0 Å². The van der Waals surface area contributed by atoms with Crippen LogP contribution in [-0.4, -0.2) is 36.5 Å². The summed E-state index contributed by atoms with van der Waals surface area (Å²) in [5.41, 5.74) is 2.29. The van der Waals surface area contributed by atoms with E-state index in [1.807, 2.05) is 30.0 Å². The molecule has 1 fully saturated rings. The van der Waals surface area contributed by atoms with Crippen molar-refractivity contribution >= 4 is 18.0 Å². The Kier molecular flexibility index (Phi) is 8.28. The van der Waals surface area contributed by atoms with Crippen LogP contribution >= 0.6 is 0 Å². The van der Waals surface area contributed by atoms with Gasteiger partial charge in [-0.3, -0.25) is 9.59 Å². The Hall–Kier alpha value is -2.10. The summed E-state index contributed by atoms with van der Waals surface area (Å²) >= 11 is 0. The lowest BCUT2D eigenvalue weighted by Crippen LogP contribution is -2.47. The Balaban J connectivity index is 2.16. The van der Waals surface area contributed by atoms with Crippen LogP contribution in [-0.2, 0) is 14.3 Å². The van der Waals surface area contributed by atoms with Crippen molar-refractivity contribution in [2.45, 2.75) is 65.3 Å². The van der Waals surface area contributed by atoms with E-state index in [1.165, 1.54) is 19.1 Å². The van der Waals surface area contributed by atoms with Gasteiger partial charge in [0.15, 0.2) is 0 Å². The number of carbonyl (C=O) groups excluding carboxylic acids is 2. The minimum atomic E-state index is -0.332. The fraction of sp³-hybridized carbons (Fsp3) is 0.583. The Morgan fingerprint density at radius 1 is 1.14 bits per heavy atom. The summed E-state index contributed by atoms with van der Waals surface area (Å²) in [6.45, 7) is 8.77. The van der Waals surface area contributed by atoms with E-state index in [-0.39, 0.29) is 23.8 Å². The molecule has 0 N–H and O–H groups in total. The van der Waals surface area contributed by atoms with Gasteiger partial charge in [-0.25, -0.2) is 0 Å². The second-order valence-electron chi connectivity index (χ2n) is 8.40. The first-order valence-electron chi connectivity index (χ1n) is 10.5. The number of ether oxygens (including phenoxy) is 1. The van der Waals surface area contributed by atoms with Gasteiger partial charge in [0.2, 0.25) is 5.91 Å². The lowest BCUT2D eigenvalue weighted by molar-refractivity contribution is -0.146. The van der Waals surface area contributed by atoms with Crippen LogP contribution in [0.15, 0.2) is 30.3 Å². The van der Waals surface area contributed by atoms with E-state index >= 15 is 0 Å². The molecule has 0 saturated heterocycles. The molecular formula is C24H35NO3. The lowest BCUT2D eigenvalue weighted by Gasteiger charge is -2.39. The molecule has 28 heavy (non-hydrogen) atoms. The molecular weight excluding hydrogens is 350 g/mol. The third-order valence-corrected chi connectivity index (χ3v) is 5.85. The van der Waals surface area contributed by atoms with Crippen LogP contribution in [0, 0.1) is 11.8 Å². The highest BCUT2D eigenvalue weighted by molar-refractivity contribution is 5.92. The fourth-order valence-electron chi connectivity index (χ4n) is 3.97. The van der Waals surface area contributed by atoms with Gasteiger partial charge in [0, 0.05) is 18.7 Å². The van der Waals surface area contributed by atoms with Crippen LogP contribution in [0.4, 0.5) is 0 Å². The normalized spacial score (nSPS) is 20.9. The van der Waals surface area contributed by atoms with Crippen LogP contribution < -0.4 is 0 Å². The quantitative estimate of drug-likeness (QED) is 0.488. The molecule has 3 atom stereocenters. The topological polar surface area (TPSA) is 46.6 Å². The Morgan fingerprint density at radius 2 is 1.79 bits per heavy atom. The standard InChI is InChI=1S/C24H35NO3/c1-17(2)21-13-10-20(11-14-21)12-15-23(26)25(16-19(4)24(27)28-5)22-9-7-6-8-18(22)3/h10-15,17-19,22H,6-9,16H2,1-5H3/b15-12+. The third-order valence-electron chi connectivity index (χ3n) is 5.85. The average molecular weight is 386 g/mol. The first-order chi connectivity index (χ1) is 13.3. The van der Waals surface area contributed by atoms with E-state index < -0.39 is 0 Å². The molecule has 1 aliphatic carbocycles. The monoisotopic (exact) mass is 385 g/mol. The predicted octanol–water partition coefficient (Wildman–Crippen LogP) is 5.04. The zero-order chi connectivity index (χ0) is 20.7. The van der Waals surface area contributed by atoms with Gasteiger partial charge in [-0.15, -0.1) is 0 Å². The van der Waals surface area contributed by atoms with Gasteiger partial charge in [0.25, 0.3) is 0 Å². The summed E-state index contributed by atoms with van der Waals surface area (Å²) < 4.78 is 4.87. The Morgan fingerprint density at radius 3 is 2.36 bits per heavy atom. The van der Waals surface area contributed by atoms with Crippen molar-refractivity contribution in [3.05, 3.63) is 41.5 Å². The van der Waals surface area contributed by atoms with E-state index in [1.54, 1.807) is 6.08 Å². The summed E-state index contributed by atoms with van der Waals surface area (Å²) in [6.07, 6.45) is 7.99. The highest BCUT2D eigenvalue weighted by atomic mass is 16.5. The minimum absolute atomic E-state index is 0.0255. The molecule has 4 heteroatoms. The van der Waals surface area contributed by atoms with Crippen molar-refractivity contribution in [2.24, 2.45) is 11.8 Å². The molecule has 0 bridgehead atoms. The average Bonchev–Trinajstić information content (AvgIpc) is 2.70. The number of amides is 1. The van der Waals surface area contributed by atoms with Crippen LogP contribution in [0.5, 0.6) is 0 Å². The summed E-state index contributed by atoms with van der Waals surface area (Å²) in [5, 5.41) is 0. The van der Waals surface area contributed by atoms with E-state index in [4.69, 9.17) is 4.74 Å². The van der Waals surface area contributed by atoms with Gasteiger partial charge >= 0.3 is 5.97 Å². The second kappa shape index (κ2) is 10.4. The zero-order valence-corrected chi connectivity index (χ0v) is 18.0. The summed E-state index contributed by atoms with van der Waals surface area (Å²) in [5.74, 6) is 0.308. The first kappa shape index (κ1) is 22.2. The lowest BCUT2D eigenvalue weighted by atomic mass is 9.84. The number of benzene rings is 1. The van der Waals surface area contributed by atoms with Gasteiger partial charge in [-0.1, -0.05) is 64.8 Å². The molecule has 0 heterocycles. The van der Waals surface area contributed by atoms with Gasteiger partial charge in [0.05, 0.1) is 13.0 Å². The molecule has 1 amide bonds. The molecule has 0 aromatic heterocycles. The van der Waals surface area contributed by atoms with Gasteiger partial charge < -0.3 is 9.64 Å². The zero-order valence-electron chi connectivity index (χ0n) is 18.0. The minimum Gasteiger partial charge on any atom is -0.469 e. The first-order valence-corrected chi connectivity index (χ1v) is 10.5. The van der Waals surface area contributed by atoms with Crippen molar-refractivity contribution in [3.8, 4) is 0 Å². The Labute approximate surface area is 170 Å². The highest BCUT2D eigenvalue weighted by Crippen LogP contribution is 2.29. The number of hydrogen-bond acceptors (Lipinski definition) is 3. The van der Waals surface area contributed by atoms with E-state index in [9.17, 15) is 9.59 Å². The van der Waals surface area contributed by atoms with E-state index in [0.29, 0.717) is 18.4 Å². The largest absolute Gasteiger partial charge is 0.469 e. The van der Waals surface area contributed by atoms with Gasteiger partial charge in [-0.05, 0) is 41.9 Å².